The minimum absolute atomic E-state index is 0.333. The van der Waals surface area contributed by atoms with Gasteiger partial charge in [0.05, 0.1) is 12.1 Å². The summed E-state index contributed by atoms with van der Waals surface area (Å²) in [6, 6.07) is 11.8. The smallest absolute Gasteiger partial charge is 0.231 e. The SMILES string of the molecule is Cc1noc(C)c1Cc1nc([C@H]2C[C@@H](c3ccccc3)N3CCC[C@H]23)no1. The second-order valence-corrected chi connectivity index (χ2v) is 7.74. The number of benzene rings is 1. The summed E-state index contributed by atoms with van der Waals surface area (Å²) in [6.45, 7) is 5.02. The van der Waals surface area contributed by atoms with Gasteiger partial charge in [-0.15, -0.1) is 0 Å². The predicted octanol–water partition coefficient (Wildman–Crippen LogP) is 3.96. The minimum atomic E-state index is 0.333. The number of fused-ring (bicyclic) bond motifs is 1. The van der Waals surface area contributed by atoms with Crippen LogP contribution in [0, 0.1) is 13.8 Å². The average Bonchev–Trinajstić information content (AvgIpc) is 3.44. The Labute approximate surface area is 158 Å². The highest BCUT2D eigenvalue weighted by Gasteiger charge is 2.46. The summed E-state index contributed by atoms with van der Waals surface area (Å²) in [5.41, 5.74) is 3.33. The zero-order valence-corrected chi connectivity index (χ0v) is 15.8. The largest absolute Gasteiger partial charge is 0.361 e. The molecule has 0 amide bonds. The number of hydrogen-bond donors (Lipinski definition) is 0. The van der Waals surface area contributed by atoms with Crippen molar-refractivity contribution in [2.24, 2.45) is 0 Å². The van der Waals surface area contributed by atoms with E-state index in [0.717, 1.165) is 35.8 Å². The van der Waals surface area contributed by atoms with E-state index in [4.69, 9.17) is 14.0 Å². The first-order valence-electron chi connectivity index (χ1n) is 9.75. The van der Waals surface area contributed by atoms with Gasteiger partial charge in [0.25, 0.3) is 0 Å². The molecule has 5 rings (SSSR count). The fourth-order valence-electron chi connectivity index (χ4n) is 4.84. The zero-order chi connectivity index (χ0) is 18.4. The van der Waals surface area contributed by atoms with Crippen LogP contribution >= 0.6 is 0 Å². The van der Waals surface area contributed by atoms with Gasteiger partial charge in [-0.05, 0) is 45.2 Å². The van der Waals surface area contributed by atoms with Crippen molar-refractivity contribution in [3.05, 3.63) is 64.6 Å². The molecule has 2 aliphatic heterocycles. The van der Waals surface area contributed by atoms with E-state index in [0.29, 0.717) is 30.3 Å². The summed E-state index contributed by atoms with van der Waals surface area (Å²) >= 11 is 0. The van der Waals surface area contributed by atoms with Crippen LogP contribution in [-0.4, -0.2) is 32.8 Å². The molecule has 3 aromatic rings. The van der Waals surface area contributed by atoms with Crippen LogP contribution in [0.5, 0.6) is 0 Å². The number of nitrogens with zero attached hydrogens (tertiary/aromatic N) is 4. The minimum Gasteiger partial charge on any atom is -0.361 e. The molecular weight excluding hydrogens is 340 g/mol. The number of rotatable bonds is 4. The molecule has 2 saturated heterocycles. The second-order valence-electron chi connectivity index (χ2n) is 7.74. The van der Waals surface area contributed by atoms with E-state index in [9.17, 15) is 0 Å². The van der Waals surface area contributed by atoms with Crippen molar-refractivity contribution in [2.75, 3.05) is 6.54 Å². The van der Waals surface area contributed by atoms with E-state index in [1.807, 2.05) is 13.8 Å². The first-order chi connectivity index (χ1) is 13.2. The Morgan fingerprint density at radius 2 is 1.96 bits per heavy atom. The summed E-state index contributed by atoms with van der Waals surface area (Å²) in [6.07, 6.45) is 4.09. The van der Waals surface area contributed by atoms with E-state index in [2.05, 4.69) is 45.5 Å². The molecule has 0 spiro atoms. The zero-order valence-electron chi connectivity index (χ0n) is 15.8. The van der Waals surface area contributed by atoms with Gasteiger partial charge < -0.3 is 9.05 Å². The van der Waals surface area contributed by atoms with Crippen molar-refractivity contribution in [2.45, 2.75) is 57.5 Å². The normalized spacial score (nSPS) is 25.2. The maximum absolute atomic E-state index is 5.60. The molecule has 6 nitrogen and oxygen atoms in total. The van der Waals surface area contributed by atoms with E-state index < -0.39 is 0 Å². The monoisotopic (exact) mass is 364 g/mol. The summed E-state index contributed by atoms with van der Waals surface area (Å²) < 4.78 is 10.8. The molecule has 2 aliphatic rings. The molecule has 0 N–H and O–H groups in total. The van der Waals surface area contributed by atoms with E-state index in [1.165, 1.54) is 18.4 Å². The van der Waals surface area contributed by atoms with Crippen LogP contribution in [0.4, 0.5) is 0 Å². The average molecular weight is 364 g/mol. The van der Waals surface area contributed by atoms with E-state index in [1.54, 1.807) is 0 Å². The van der Waals surface area contributed by atoms with Crippen molar-refractivity contribution >= 4 is 0 Å². The summed E-state index contributed by atoms with van der Waals surface area (Å²) in [7, 11) is 0. The van der Waals surface area contributed by atoms with Crippen LogP contribution < -0.4 is 0 Å². The first kappa shape index (κ1) is 16.7. The van der Waals surface area contributed by atoms with Gasteiger partial charge in [0.1, 0.15) is 5.76 Å². The van der Waals surface area contributed by atoms with Gasteiger partial charge >= 0.3 is 0 Å². The Morgan fingerprint density at radius 1 is 1.11 bits per heavy atom. The second kappa shape index (κ2) is 6.60. The van der Waals surface area contributed by atoms with Gasteiger partial charge in [0.2, 0.25) is 5.89 Å². The molecule has 2 aromatic heterocycles. The van der Waals surface area contributed by atoms with Crippen LogP contribution in [0.2, 0.25) is 0 Å². The number of hydrogen-bond acceptors (Lipinski definition) is 6. The molecule has 1 aromatic carbocycles. The van der Waals surface area contributed by atoms with Crippen LogP contribution in [0.25, 0.3) is 0 Å². The van der Waals surface area contributed by atoms with Gasteiger partial charge in [-0.2, -0.15) is 4.98 Å². The summed E-state index contributed by atoms with van der Waals surface area (Å²) in [5, 5.41) is 8.37. The highest BCUT2D eigenvalue weighted by Crippen LogP contribution is 2.48. The van der Waals surface area contributed by atoms with Crippen LogP contribution in [0.15, 0.2) is 39.4 Å². The third-order valence-electron chi connectivity index (χ3n) is 6.19. The maximum atomic E-state index is 5.60. The number of aromatic nitrogens is 3. The molecule has 0 bridgehead atoms. The molecule has 0 aliphatic carbocycles. The Kier molecular flexibility index (Phi) is 4.08. The molecule has 0 radical (unpaired) electrons. The predicted molar refractivity (Wildman–Crippen MR) is 99.4 cm³/mol. The van der Waals surface area contributed by atoms with Gasteiger partial charge in [-0.1, -0.05) is 40.6 Å². The lowest BCUT2D eigenvalue weighted by Crippen LogP contribution is -2.27. The standard InChI is InChI=1S/C21H24N4O2/c1-13-16(14(2)26-23-13)12-20-22-21(24-27-20)17-11-19(15-7-4-3-5-8-15)25-10-6-9-18(17)25/h3-5,7-8,17-19H,6,9-12H2,1-2H3/t17-,18+,19-/m0/s1. The van der Waals surface area contributed by atoms with E-state index in [-0.39, 0.29) is 0 Å². The van der Waals surface area contributed by atoms with Gasteiger partial charge in [-0.25, -0.2) is 0 Å². The maximum Gasteiger partial charge on any atom is 0.231 e. The molecule has 6 heteroatoms. The van der Waals surface area contributed by atoms with Crippen molar-refractivity contribution in [3.8, 4) is 0 Å². The topological polar surface area (TPSA) is 68.2 Å². The molecule has 4 heterocycles. The molecular formula is C21H24N4O2. The van der Waals surface area contributed by atoms with Gasteiger partial charge in [0.15, 0.2) is 5.82 Å². The van der Waals surface area contributed by atoms with Crippen molar-refractivity contribution in [1.29, 1.82) is 0 Å². The molecule has 3 atom stereocenters. The van der Waals surface area contributed by atoms with Crippen LogP contribution in [0.3, 0.4) is 0 Å². The Hall–Kier alpha value is -2.47. The Morgan fingerprint density at radius 3 is 2.74 bits per heavy atom. The van der Waals surface area contributed by atoms with Crippen molar-refractivity contribution in [3.63, 3.8) is 0 Å². The molecule has 0 saturated carbocycles. The molecule has 140 valence electrons. The van der Waals surface area contributed by atoms with Crippen molar-refractivity contribution < 1.29 is 9.05 Å². The lowest BCUT2D eigenvalue weighted by Gasteiger charge is -2.24. The summed E-state index contributed by atoms with van der Waals surface area (Å²) in [5.74, 6) is 2.65. The van der Waals surface area contributed by atoms with Crippen LogP contribution in [-0.2, 0) is 6.42 Å². The van der Waals surface area contributed by atoms with Crippen LogP contribution in [0.1, 0.15) is 65.5 Å². The molecule has 2 fully saturated rings. The van der Waals surface area contributed by atoms with E-state index >= 15 is 0 Å². The lowest BCUT2D eigenvalue weighted by atomic mass is 9.94. The Bertz CT molecular complexity index is 913. The fourth-order valence-corrected chi connectivity index (χ4v) is 4.84. The van der Waals surface area contributed by atoms with Crippen molar-refractivity contribution in [1.82, 2.24) is 20.2 Å². The number of aryl methyl sites for hydroxylation is 2. The third kappa shape index (κ3) is 2.88. The Balaban J connectivity index is 1.39. The summed E-state index contributed by atoms with van der Waals surface area (Å²) in [4.78, 5) is 7.41. The molecule has 27 heavy (non-hydrogen) atoms. The molecule has 0 unspecified atom stereocenters. The lowest BCUT2D eigenvalue weighted by molar-refractivity contribution is 0.243. The quantitative estimate of drug-likeness (QED) is 0.698. The first-order valence-corrected chi connectivity index (χ1v) is 9.75. The third-order valence-corrected chi connectivity index (χ3v) is 6.19. The van der Waals surface area contributed by atoms with Gasteiger partial charge in [0, 0.05) is 23.6 Å². The fraction of sp³-hybridized carbons (Fsp3) is 0.476. The highest BCUT2D eigenvalue weighted by atomic mass is 16.5. The van der Waals surface area contributed by atoms with Gasteiger partial charge in [-0.3, -0.25) is 4.90 Å². The highest BCUT2D eigenvalue weighted by molar-refractivity contribution is 5.26.